The molecule has 1 aromatic rings. The van der Waals surface area contributed by atoms with Crippen molar-refractivity contribution in [2.45, 2.75) is 31.7 Å². The van der Waals surface area contributed by atoms with Crippen LogP contribution in [0.15, 0.2) is 18.2 Å². The maximum Gasteiger partial charge on any atom is 0.269 e. The average Bonchev–Trinajstić information content (AvgIpc) is 2.60. The van der Waals surface area contributed by atoms with Crippen LogP contribution in [0.1, 0.15) is 24.8 Å². The van der Waals surface area contributed by atoms with E-state index in [0.717, 1.165) is 43.6 Å². The summed E-state index contributed by atoms with van der Waals surface area (Å²) in [6.07, 6.45) is 3.81. The van der Waals surface area contributed by atoms with Gasteiger partial charge >= 0.3 is 0 Å². The van der Waals surface area contributed by atoms with Crippen molar-refractivity contribution in [1.82, 2.24) is 10.2 Å². The molecule has 0 saturated carbocycles. The van der Waals surface area contributed by atoms with E-state index in [4.69, 9.17) is 0 Å². The van der Waals surface area contributed by atoms with Crippen LogP contribution in [0.5, 0.6) is 0 Å². The smallest absolute Gasteiger partial charge is 0.269 e. The third-order valence-corrected chi connectivity index (χ3v) is 5.23. The standard InChI is InChI=1S/C18H26N4O3/c1-20(2)10-8-19-18(23)15-12-13-11-14(22(24)25)6-7-16(13)21-9-4-3-5-17(15)21/h6-7,11,15,17H,3-5,8-10,12H2,1-2H3,(H,19,23)/t15-,17-/m1/s1. The Kier molecular flexibility index (Phi) is 5.22. The molecule has 2 atom stereocenters. The summed E-state index contributed by atoms with van der Waals surface area (Å²) < 4.78 is 0. The highest BCUT2D eigenvalue weighted by Crippen LogP contribution is 2.39. The Hall–Kier alpha value is -2.15. The molecular weight excluding hydrogens is 320 g/mol. The third kappa shape index (κ3) is 3.76. The highest BCUT2D eigenvalue weighted by Gasteiger charge is 2.39. The predicted octanol–water partition coefficient (Wildman–Crippen LogP) is 1.80. The molecule has 2 aliphatic heterocycles. The number of piperidine rings is 1. The Morgan fingerprint density at radius 2 is 2.20 bits per heavy atom. The van der Waals surface area contributed by atoms with E-state index in [1.807, 2.05) is 25.1 Å². The number of rotatable bonds is 5. The summed E-state index contributed by atoms with van der Waals surface area (Å²) in [7, 11) is 3.95. The predicted molar refractivity (Wildman–Crippen MR) is 96.8 cm³/mol. The molecule has 25 heavy (non-hydrogen) atoms. The molecule has 0 unspecified atom stereocenters. The first-order valence-electron chi connectivity index (χ1n) is 8.94. The summed E-state index contributed by atoms with van der Waals surface area (Å²) >= 11 is 0. The minimum absolute atomic E-state index is 0.0657. The van der Waals surface area contributed by atoms with Crippen molar-refractivity contribution in [3.63, 3.8) is 0 Å². The van der Waals surface area contributed by atoms with Crippen LogP contribution in [0.3, 0.4) is 0 Å². The van der Waals surface area contributed by atoms with Crippen LogP contribution in [0.4, 0.5) is 11.4 Å². The number of nitrogens with one attached hydrogen (secondary N) is 1. The number of carbonyl (C=O) groups excluding carboxylic acids is 1. The van der Waals surface area contributed by atoms with Gasteiger partial charge in [0.25, 0.3) is 5.69 Å². The lowest BCUT2D eigenvalue weighted by Crippen LogP contribution is -2.53. The van der Waals surface area contributed by atoms with Crippen molar-refractivity contribution in [2.75, 3.05) is 38.6 Å². The maximum absolute atomic E-state index is 12.8. The molecule has 0 radical (unpaired) electrons. The molecule has 1 fully saturated rings. The van der Waals surface area contributed by atoms with Gasteiger partial charge in [0.1, 0.15) is 0 Å². The van der Waals surface area contributed by atoms with Gasteiger partial charge in [-0.1, -0.05) is 0 Å². The van der Waals surface area contributed by atoms with Crippen molar-refractivity contribution in [2.24, 2.45) is 5.92 Å². The Balaban J connectivity index is 1.83. The molecule has 7 nitrogen and oxygen atoms in total. The Labute approximate surface area is 148 Å². The lowest BCUT2D eigenvalue weighted by Gasteiger charge is -2.45. The molecular formula is C18H26N4O3. The van der Waals surface area contributed by atoms with E-state index in [1.54, 1.807) is 12.1 Å². The maximum atomic E-state index is 12.8. The quantitative estimate of drug-likeness (QED) is 0.650. The summed E-state index contributed by atoms with van der Waals surface area (Å²) in [5, 5.41) is 14.1. The topological polar surface area (TPSA) is 78.7 Å². The molecule has 0 aromatic heterocycles. The van der Waals surface area contributed by atoms with Gasteiger partial charge in [0.05, 0.1) is 10.8 Å². The molecule has 0 bridgehead atoms. The summed E-state index contributed by atoms with van der Waals surface area (Å²) in [6, 6.07) is 5.26. The third-order valence-electron chi connectivity index (χ3n) is 5.23. The monoisotopic (exact) mass is 346 g/mol. The van der Waals surface area contributed by atoms with Gasteiger partial charge in [0, 0.05) is 43.5 Å². The fraction of sp³-hybridized carbons (Fsp3) is 0.611. The van der Waals surface area contributed by atoms with Gasteiger partial charge in [-0.15, -0.1) is 0 Å². The molecule has 1 amide bonds. The highest BCUT2D eigenvalue weighted by molar-refractivity contribution is 5.82. The fourth-order valence-corrected chi connectivity index (χ4v) is 3.98. The van der Waals surface area contributed by atoms with Gasteiger partial charge in [0.2, 0.25) is 5.91 Å². The van der Waals surface area contributed by atoms with Crippen LogP contribution in [0.2, 0.25) is 0 Å². The van der Waals surface area contributed by atoms with E-state index in [0.29, 0.717) is 13.0 Å². The zero-order valence-electron chi connectivity index (χ0n) is 14.9. The van der Waals surface area contributed by atoms with E-state index in [-0.39, 0.29) is 28.5 Å². The van der Waals surface area contributed by atoms with Crippen LogP contribution < -0.4 is 10.2 Å². The number of carbonyl (C=O) groups is 1. The molecule has 2 heterocycles. The minimum atomic E-state index is -0.366. The number of non-ortho nitro benzene ring substituents is 1. The number of hydrogen-bond donors (Lipinski definition) is 1. The molecule has 0 aliphatic carbocycles. The number of fused-ring (bicyclic) bond motifs is 3. The molecule has 7 heteroatoms. The van der Waals surface area contributed by atoms with E-state index in [2.05, 4.69) is 10.2 Å². The Morgan fingerprint density at radius 3 is 2.92 bits per heavy atom. The first-order chi connectivity index (χ1) is 12.0. The van der Waals surface area contributed by atoms with Crippen molar-refractivity contribution >= 4 is 17.3 Å². The normalized spacial score (nSPS) is 22.3. The van der Waals surface area contributed by atoms with Gasteiger partial charge in [-0.25, -0.2) is 0 Å². The molecule has 3 rings (SSSR count). The number of nitro groups is 1. The highest BCUT2D eigenvalue weighted by atomic mass is 16.6. The number of hydrogen-bond acceptors (Lipinski definition) is 5. The largest absolute Gasteiger partial charge is 0.368 e. The van der Waals surface area contributed by atoms with Crippen molar-refractivity contribution < 1.29 is 9.72 Å². The lowest BCUT2D eigenvalue weighted by molar-refractivity contribution is -0.384. The van der Waals surface area contributed by atoms with Crippen LogP contribution in [-0.2, 0) is 11.2 Å². The lowest BCUT2D eigenvalue weighted by atomic mass is 9.80. The molecule has 136 valence electrons. The zero-order chi connectivity index (χ0) is 18.0. The number of nitrogens with zero attached hydrogens (tertiary/aromatic N) is 3. The summed E-state index contributed by atoms with van der Waals surface area (Å²) in [4.78, 5) is 27.8. The summed E-state index contributed by atoms with van der Waals surface area (Å²) in [6.45, 7) is 2.34. The number of likely N-dealkylation sites (N-methyl/N-ethyl adjacent to an activating group) is 1. The van der Waals surface area contributed by atoms with E-state index in [9.17, 15) is 14.9 Å². The molecule has 1 saturated heterocycles. The van der Waals surface area contributed by atoms with E-state index < -0.39 is 0 Å². The zero-order valence-corrected chi connectivity index (χ0v) is 14.9. The van der Waals surface area contributed by atoms with Crippen LogP contribution in [0.25, 0.3) is 0 Å². The second-order valence-electron chi connectivity index (χ2n) is 7.23. The molecule has 1 aromatic carbocycles. The molecule has 2 aliphatic rings. The first kappa shape index (κ1) is 17.7. The van der Waals surface area contributed by atoms with Crippen molar-refractivity contribution in [3.05, 3.63) is 33.9 Å². The van der Waals surface area contributed by atoms with Crippen LogP contribution >= 0.6 is 0 Å². The molecule has 0 spiro atoms. The number of benzene rings is 1. The van der Waals surface area contributed by atoms with Gasteiger partial charge in [-0.2, -0.15) is 0 Å². The van der Waals surface area contributed by atoms with Gasteiger partial charge < -0.3 is 15.1 Å². The van der Waals surface area contributed by atoms with Crippen molar-refractivity contribution in [1.29, 1.82) is 0 Å². The Bertz CT molecular complexity index is 662. The molecule has 1 N–H and O–H groups in total. The first-order valence-corrected chi connectivity index (χ1v) is 8.94. The van der Waals surface area contributed by atoms with E-state index in [1.165, 1.54) is 0 Å². The Morgan fingerprint density at radius 1 is 1.40 bits per heavy atom. The number of nitro benzene ring substituents is 1. The van der Waals surface area contributed by atoms with Crippen molar-refractivity contribution in [3.8, 4) is 0 Å². The second-order valence-corrected chi connectivity index (χ2v) is 7.23. The SMILES string of the molecule is CN(C)CCNC(=O)[C@@H]1Cc2cc([N+](=O)[O-])ccc2N2CCCC[C@H]12. The number of anilines is 1. The fourth-order valence-electron chi connectivity index (χ4n) is 3.98. The summed E-state index contributed by atoms with van der Waals surface area (Å²) in [5.74, 6) is -0.0760. The minimum Gasteiger partial charge on any atom is -0.368 e. The average molecular weight is 346 g/mol. The van der Waals surface area contributed by atoms with Crippen LogP contribution in [0, 0.1) is 16.0 Å². The van der Waals surface area contributed by atoms with Crippen LogP contribution in [-0.4, -0.2) is 55.5 Å². The number of amides is 1. The van der Waals surface area contributed by atoms with Gasteiger partial charge in [0.15, 0.2) is 0 Å². The van der Waals surface area contributed by atoms with Gasteiger partial charge in [-0.3, -0.25) is 14.9 Å². The second kappa shape index (κ2) is 7.39. The van der Waals surface area contributed by atoms with Gasteiger partial charge in [-0.05, 0) is 51.4 Å². The van der Waals surface area contributed by atoms with E-state index >= 15 is 0 Å². The summed E-state index contributed by atoms with van der Waals surface area (Å²) in [5.41, 5.74) is 2.08.